The third kappa shape index (κ3) is 5.47. The molecule has 0 unspecified atom stereocenters. The second-order valence-electron chi connectivity index (χ2n) is 8.48. The van der Waals surface area contributed by atoms with Gasteiger partial charge in [0.2, 0.25) is 0 Å². The zero-order valence-corrected chi connectivity index (χ0v) is 20.8. The number of fused-ring (bicyclic) bond motifs is 1. The number of thioether (sulfide) groups is 1. The Hall–Kier alpha value is -2.23. The molecular formula is C24H30N4O3S2. The first kappa shape index (κ1) is 23.9. The van der Waals surface area contributed by atoms with E-state index >= 15 is 0 Å². The van der Waals surface area contributed by atoms with Crippen molar-refractivity contribution in [1.82, 2.24) is 14.3 Å². The molecule has 2 aromatic rings. The molecule has 2 aliphatic rings. The van der Waals surface area contributed by atoms with Crippen molar-refractivity contribution in [1.29, 1.82) is 0 Å². The van der Waals surface area contributed by atoms with Gasteiger partial charge in [0.15, 0.2) is 0 Å². The van der Waals surface area contributed by atoms with Gasteiger partial charge >= 0.3 is 0 Å². The number of carbonyl (C=O) groups is 1. The molecule has 3 heterocycles. The highest BCUT2D eigenvalue weighted by molar-refractivity contribution is 8.26. The number of nitrogens with one attached hydrogen (secondary N) is 1. The van der Waals surface area contributed by atoms with E-state index in [1.165, 1.54) is 31.0 Å². The van der Waals surface area contributed by atoms with E-state index in [2.05, 4.69) is 5.32 Å². The normalized spacial score (nSPS) is 18.6. The predicted octanol–water partition coefficient (Wildman–Crippen LogP) is 4.38. The summed E-state index contributed by atoms with van der Waals surface area (Å²) in [5.41, 5.74) is 1.76. The van der Waals surface area contributed by atoms with Crippen LogP contribution in [0.15, 0.2) is 28.0 Å². The lowest BCUT2D eigenvalue weighted by Crippen LogP contribution is -2.30. The summed E-state index contributed by atoms with van der Waals surface area (Å²) in [6.07, 6.45) is 9.83. The second kappa shape index (κ2) is 10.8. The minimum atomic E-state index is -0.191. The summed E-state index contributed by atoms with van der Waals surface area (Å²) >= 11 is 6.69. The van der Waals surface area contributed by atoms with Crippen LogP contribution in [0.4, 0.5) is 5.82 Å². The molecule has 1 aliphatic heterocycles. The molecule has 0 aromatic carbocycles. The summed E-state index contributed by atoms with van der Waals surface area (Å²) in [4.78, 5) is 33.4. The molecule has 1 amide bonds. The van der Waals surface area contributed by atoms with E-state index in [1.54, 1.807) is 21.6 Å². The molecule has 1 N–H and O–H groups in total. The van der Waals surface area contributed by atoms with Crippen molar-refractivity contribution in [3.8, 4) is 0 Å². The number of thiocarbonyl (C=S) groups is 1. The van der Waals surface area contributed by atoms with Crippen molar-refractivity contribution >= 4 is 51.7 Å². The van der Waals surface area contributed by atoms with E-state index in [0.717, 1.165) is 18.4 Å². The molecule has 33 heavy (non-hydrogen) atoms. The lowest BCUT2D eigenvalue weighted by atomic mass is 9.95. The molecule has 0 radical (unpaired) electrons. The maximum Gasteiger partial charge on any atom is 0.267 e. The first-order valence-corrected chi connectivity index (χ1v) is 12.8. The van der Waals surface area contributed by atoms with Crippen molar-refractivity contribution in [2.75, 3.05) is 25.1 Å². The number of hydrogen-bond acceptors (Lipinski definition) is 7. The summed E-state index contributed by atoms with van der Waals surface area (Å²) in [7, 11) is 0. The minimum Gasteiger partial charge on any atom is -0.382 e. The fourth-order valence-corrected chi connectivity index (χ4v) is 5.52. The molecule has 0 bridgehead atoms. The predicted molar refractivity (Wildman–Crippen MR) is 138 cm³/mol. The number of pyridine rings is 1. The van der Waals surface area contributed by atoms with Gasteiger partial charge in [-0.25, -0.2) is 4.98 Å². The lowest BCUT2D eigenvalue weighted by molar-refractivity contribution is -0.122. The lowest BCUT2D eigenvalue weighted by Gasteiger charge is -2.24. The molecule has 7 nitrogen and oxygen atoms in total. The van der Waals surface area contributed by atoms with Crippen LogP contribution in [0.25, 0.3) is 11.7 Å². The van der Waals surface area contributed by atoms with Gasteiger partial charge in [-0.15, -0.1) is 0 Å². The van der Waals surface area contributed by atoms with Gasteiger partial charge in [0, 0.05) is 32.0 Å². The van der Waals surface area contributed by atoms with Gasteiger partial charge in [-0.2, -0.15) is 0 Å². The van der Waals surface area contributed by atoms with Crippen LogP contribution in [0.5, 0.6) is 0 Å². The van der Waals surface area contributed by atoms with E-state index in [9.17, 15) is 9.59 Å². The molecule has 176 valence electrons. The highest BCUT2D eigenvalue weighted by Crippen LogP contribution is 2.33. The standard InChI is InChI=1S/C24H30N4O3S2/c1-3-31-13-7-12-27-23(30)19(33-24(27)32)14-18-21(25-17-8-5-4-6-9-17)26-20-11-10-16(2)15-28(20)22(18)29/h10-11,14-15,17,25H,3-9,12-13H2,1-2H3. The molecule has 2 fully saturated rings. The summed E-state index contributed by atoms with van der Waals surface area (Å²) in [6.45, 7) is 5.61. The number of ether oxygens (including phenoxy) is 1. The van der Waals surface area contributed by atoms with Crippen LogP contribution in [0.1, 0.15) is 56.6 Å². The number of hydrogen-bond donors (Lipinski definition) is 1. The smallest absolute Gasteiger partial charge is 0.267 e. The first-order chi connectivity index (χ1) is 16.0. The van der Waals surface area contributed by atoms with E-state index in [0.29, 0.717) is 52.4 Å². The zero-order chi connectivity index (χ0) is 23.4. The summed E-state index contributed by atoms with van der Waals surface area (Å²) < 4.78 is 7.44. The van der Waals surface area contributed by atoms with Crippen LogP contribution < -0.4 is 10.9 Å². The highest BCUT2D eigenvalue weighted by atomic mass is 32.2. The molecule has 1 saturated carbocycles. The van der Waals surface area contributed by atoms with Gasteiger partial charge in [0.05, 0.1) is 10.5 Å². The molecule has 0 atom stereocenters. The number of carbonyl (C=O) groups excluding carboxylic acids is 1. The van der Waals surface area contributed by atoms with Gasteiger partial charge in [-0.3, -0.25) is 18.9 Å². The zero-order valence-electron chi connectivity index (χ0n) is 19.1. The van der Waals surface area contributed by atoms with Crippen LogP contribution >= 0.6 is 24.0 Å². The van der Waals surface area contributed by atoms with Crippen molar-refractivity contribution in [2.45, 2.75) is 58.4 Å². The maximum absolute atomic E-state index is 13.5. The molecule has 9 heteroatoms. The largest absolute Gasteiger partial charge is 0.382 e. The average molecular weight is 487 g/mol. The van der Waals surface area contributed by atoms with E-state index in [1.807, 2.05) is 26.0 Å². The molecule has 1 aliphatic carbocycles. The Morgan fingerprint density at radius 1 is 1.27 bits per heavy atom. The minimum absolute atomic E-state index is 0.168. The first-order valence-electron chi connectivity index (χ1n) is 11.6. The number of rotatable bonds is 8. The van der Waals surface area contributed by atoms with Crippen molar-refractivity contribution in [3.63, 3.8) is 0 Å². The van der Waals surface area contributed by atoms with Crippen molar-refractivity contribution in [2.24, 2.45) is 0 Å². The van der Waals surface area contributed by atoms with Gasteiger partial charge in [0.1, 0.15) is 15.8 Å². The van der Waals surface area contributed by atoms with Gasteiger partial charge in [-0.1, -0.05) is 49.3 Å². The number of anilines is 1. The monoisotopic (exact) mass is 486 g/mol. The third-order valence-corrected chi connectivity index (χ3v) is 7.35. The third-order valence-electron chi connectivity index (χ3n) is 5.98. The van der Waals surface area contributed by atoms with Crippen LogP contribution in [0.3, 0.4) is 0 Å². The van der Waals surface area contributed by atoms with Crippen LogP contribution in [-0.4, -0.2) is 50.3 Å². The Labute approximate surface area is 203 Å². The van der Waals surface area contributed by atoms with Crippen molar-refractivity contribution < 1.29 is 9.53 Å². The van der Waals surface area contributed by atoms with Crippen LogP contribution in [-0.2, 0) is 9.53 Å². The summed E-state index contributed by atoms with van der Waals surface area (Å²) in [5.74, 6) is 0.372. The average Bonchev–Trinajstić information content (AvgIpc) is 3.07. The molecule has 1 saturated heterocycles. The fraction of sp³-hybridized carbons (Fsp3) is 0.500. The maximum atomic E-state index is 13.5. The number of nitrogens with zero attached hydrogens (tertiary/aromatic N) is 3. The van der Waals surface area contributed by atoms with E-state index < -0.39 is 0 Å². The second-order valence-corrected chi connectivity index (χ2v) is 10.2. The van der Waals surface area contributed by atoms with Crippen molar-refractivity contribution in [3.05, 3.63) is 44.7 Å². The van der Waals surface area contributed by atoms with E-state index in [4.69, 9.17) is 21.9 Å². The number of amides is 1. The molecule has 2 aromatic heterocycles. The number of aromatic nitrogens is 2. The van der Waals surface area contributed by atoms with Gasteiger partial charge in [0.25, 0.3) is 11.5 Å². The Bertz CT molecular complexity index is 1140. The fourth-order valence-electron chi connectivity index (χ4n) is 4.23. The molecule has 0 spiro atoms. The van der Waals surface area contributed by atoms with Crippen LogP contribution in [0.2, 0.25) is 0 Å². The highest BCUT2D eigenvalue weighted by Gasteiger charge is 2.32. The van der Waals surface area contributed by atoms with Crippen LogP contribution in [0, 0.1) is 6.92 Å². The Morgan fingerprint density at radius 2 is 2.06 bits per heavy atom. The Balaban J connectivity index is 1.69. The Morgan fingerprint density at radius 3 is 2.82 bits per heavy atom. The summed E-state index contributed by atoms with van der Waals surface area (Å²) in [6, 6.07) is 4.07. The number of aryl methyl sites for hydroxylation is 1. The van der Waals surface area contributed by atoms with Gasteiger partial charge < -0.3 is 10.1 Å². The molecule has 4 rings (SSSR count). The van der Waals surface area contributed by atoms with E-state index in [-0.39, 0.29) is 17.5 Å². The summed E-state index contributed by atoms with van der Waals surface area (Å²) in [5, 5.41) is 3.50. The molecular weight excluding hydrogens is 456 g/mol. The Kier molecular flexibility index (Phi) is 7.82. The quantitative estimate of drug-likeness (QED) is 0.337. The SMILES string of the molecule is CCOCCCN1C(=O)C(=Cc2c(NC3CCCCC3)nc3ccc(C)cn3c2=O)SC1=S. The topological polar surface area (TPSA) is 75.9 Å². The van der Waals surface area contributed by atoms with Gasteiger partial charge in [-0.05, 0) is 50.8 Å².